The Hall–Kier alpha value is -3.46. The van der Waals surface area contributed by atoms with Gasteiger partial charge in [0.1, 0.15) is 17.4 Å². The number of anilines is 1. The van der Waals surface area contributed by atoms with E-state index >= 15 is 0 Å². The SMILES string of the molecule is COc1ccccc1NC(=O)C(C#N)=Cc1ccc2c(c1)OCO2. The minimum Gasteiger partial charge on any atom is -0.495 e. The average Bonchev–Trinajstić information content (AvgIpc) is 3.07. The molecule has 0 radical (unpaired) electrons. The number of methoxy groups -OCH3 is 1. The van der Waals surface area contributed by atoms with Gasteiger partial charge in [-0.1, -0.05) is 18.2 Å². The lowest BCUT2D eigenvalue weighted by atomic mass is 10.1. The third-order valence-corrected chi connectivity index (χ3v) is 3.43. The Kier molecular flexibility index (Phi) is 4.34. The van der Waals surface area contributed by atoms with E-state index in [-0.39, 0.29) is 12.4 Å². The minimum absolute atomic E-state index is 0.0280. The van der Waals surface area contributed by atoms with Crippen molar-refractivity contribution in [3.63, 3.8) is 0 Å². The highest BCUT2D eigenvalue weighted by atomic mass is 16.7. The topological polar surface area (TPSA) is 80.6 Å². The fourth-order valence-corrected chi connectivity index (χ4v) is 2.26. The molecule has 0 saturated carbocycles. The van der Waals surface area contributed by atoms with Gasteiger partial charge in [-0.25, -0.2) is 0 Å². The van der Waals surface area contributed by atoms with Crippen molar-refractivity contribution in [2.45, 2.75) is 0 Å². The van der Waals surface area contributed by atoms with Crippen LogP contribution in [0.1, 0.15) is 5.56 Å². The molecule has 6 nitrogen and oxygen atoms in total. The van der Waals surface area contributed by atoms with E-state index in [0.717, 1.165) is 0 Å². The van der Waals surface area contributed by atoms with E-state index in [1.165, 1.54) is 13.2 Å². The zero-order valence-electron chi connectivity index (χ0n) is 12.9. The Morgan fingerprint density at radius 2 is 2.04 bits per heavy atom. The van der Waals surface area contributed by atoms with Gasteiger partial charge in [0.15, 0.2) is 11.5 Å². The second-order valence-corrected chi connectivity index (χ2v) is 4.94. The number of nitrogens with one attached hydrogen (secondary N) is 1. The lowest BCUT2D eigenvalue weighted by Crippen LogP contribution is -2.14. The summed E-state index contributed by atoms with van der Waals surface area (Å²) in [5, 5.41) is 12.0. The first-order valence-electron chi connectivity index (χ1n) is 7.17. The number of hydrogen-bond donors (Lipinski definition) is 1. The monoisotopic (exact) mass is 322 g/mol. The number of benzene rings is 2. The molecule has 3 rings (SSSR count). The van der Waals surface area contributed by atoms with Crippen LogP contribution in [0.2, 0.25) is 0 Å². The van der Waals surface area contributed by atoms with E-state index in [9.17, 15) is 10.1 Å². The Morgan fingerprint density at radius 3 is 2.83 bits per heavy atom. The minimum atomic E-state index is -0.514. The molecule has 1 amide bonds. The third-order valence-electron chi connectivity index (χ3n) is 3.43. The quantitative estimate of drug-likeness (QED) is 0.691. The van der Waals surface area contributed by atoms with Crippen LogP contribution in [0.15, 0.2) is 48.0 Å². The zero-order chi connectivity index (χ0) is 16.9. The molecule has 2 aromatic rings. The molecule has 1 N–H and O–H groups in total. The molecule has 0 fully saturated rings. The first-order valence-corrected chi connectivity index (χ1v) is 7.17. The third kappa shape index (κ3) is 3.15. The van der Waals surface area contributed by atoms with Gasteiger partial charge in [0.05, 0.1) is 12.8 Å². The Balaban J connectivity index is 1.83. The highest BCUT2D eigenvalue weighted by Gasteiger charge is 2.15. The van der Waals surface area contributed by atoms with Gasteiger partial charge in [0.2, 0.25) is 6.79 Å². The predicted molar refractivity (Wildman–Crippen MR) is 87.8 cm³/mol. The van der Waals surface area contributed by atoms with Crippen LogP contribution in [0.4, 0.5) is 5.69 Å². The number of carbonyl (C=O) groups excluding carboxylic acids is 1. The van der Waals surface area contributed by atoms with Crippen LogP contribution in [0.5, 0.6) is 17.2 Å². The number of para-hydroxylation sites is 2. The van der Waals surface area contributed by atoms with Crippen LogP contribution >= 0.6 is 0 Å². The number of nitrogens with zero attached hydrogens (tertiary/aromatic N) is 1. The molecule has 0 saturated heterocycles. The van der Waals surface area contributed by atoms with E-state index < -0.39 is 5.91 Å². The molecule has 120 valence electrons. The van der Waals surface area contributed by atoms with Crippen molar-refractivity contribution in [2.24, 2.45) is 0 Å². The van der Waals surface area contributed by atoms with Gasteiger partial charge >= 0.3 is 0 Å². The number of fused-ring (bicyclic) bond motifs is 1. The summed E-state index contributed by atoms with van der Waals surface area (Å²) in [4.78, 5) is 12.3. The molecular weight excluding hydrogens is 308 g/mol. The first kappa shape index (κ1) is 15.4. The summed E-state index contributed by atoms with van der Waals surface area (Å²) in [6.45, 7) is 0.169. The molecule has 0 aromatic heterocycles. The van der Waals surface area contributed by atoms with Crippen molar-refractivity contribution >= 4 is 17.7 Å². The van der Waals surface area contributed by atoms with E-state index in [1.54, 1.807) is 42.5 Å². The largest absolute Gasteiger partial charge is 0.495 e. The number of carbonyl (C=O) groups is 1. The molecule has 1 aliphatic rings. The molecule has 0 unspecified atom stereocenters. The maximum Gasteiger partial charge on any atom is 0.266 e. The van der Waals surface area contributed by atoms with Crippen molar-refractivity contribution in [1.82, 2.24) is 0 Å². The Bertz CT molecular complexity index is 852. The molecule has 0 atom stereocenters. The highest BCUT2D eigenvalue weighted by Crippen LogP contribution is 2.33. The second-order valence-electron chi connectivity index (χ2n) is 4.94. The molecular formula is C18H14N2O4. The summed E-state index contributed by atoms with van der Waals surface area (Å²) in [5.74, 6) is 1.24. The predicted octanol–water partition coefficient (Wildman–Crippen LogP) is 2.97. The van der Waals surface area contributed by atoms with Gasteiger partial charge < -0.3 is 19.5 Å². The smallest absolute Gasteiger partial charge is 0.266 e. The first-order chi connectivity index (χ1) is 11.7. The van der Waals surface area contributed by atoms with E-state index in [1.807, 2.05) is 6.07 Å². The van der Waals surface area contributed by atoms with Crippen molar-refractivity contribution in [2.75, 3.05) is 19.2 Å². The summed E-state index contributed by atoms with van der Waals surface area (Å²) in [7, 11) is 1.51. The summed E-state index contributed by atoms with van der Waals surface area (Å²) in [5.41, 5.74) is 1.14. The van der Waals surface area contributed by atoms with Gasteiger partial charge in [-0.05, 0) is 35.9 Å². The van der Waals surface area contributed by atoms with E-state index in [2.05, 4.69) is 5.32 Å². The summed E-state index contributed by atoms with van der Waals surface area (Å²) >= 11 is 0. The van der Waals surface area contributed by atoms with E-state index in [0.29, 0.717) is 28.5 Å². The molecule has 0 bridgehead atoms. The summed E-state index contributed by atoms with van der Waals surface area (Å²) < 4.78 is 15.7. The number of nitriles is 1. The van der Waals surface area contributed by atoms with Gasteiger partial charge in [0.25, 0.3) is 5.91 Å². The highest BCUT2D eigenvalue weighted by molar-refractivity contribution is 6.10. The molecule has 24 heavy (non-hydrogen) atoms. The van der Waals surface area contributed by atoms with Crippen LogP contribution in [0, 0.1) is 11.3 Å². The fourth-order valence-electron chi connectivity index (χ4n) is 2.26. The van der Waals surface area contributed by atoms with Gasteiger partial charge in [-0.3, -0.25) is 4.79 Å². The Labute approximate surface area is 138 Å². The normalized spacial score (nSPS) is 12.4. The second kappa shape index (κ2) is 6.75. The summed E-state index contributed by atoms with van der Waals surface area (Å²) in [6, 6.07) is 14.1. The van der Waals surface area contributed by atoms with Crippen molar-refractivity contribution in [3.8, 4) is 23.3 Å². The lowest BCUT2D eigenvalue weighted by Gasteiger charge is -2.09. The van der Waals surface area contributed by atoms with E-state index in [4.69, 9.17) is 14.2 Å². The molecule has 2 aromatic carbocycles. The molecule has 1 heterocycles. The average molecular weight is 322 g/mol. The van der Waals surface area contributed by atoms with Gasteiger partial charge in [-0.15, -0.1) is 0 Å². The van der Waals surface area contributed by atoms with Gasteiger partial charge in [0, 0.05) is 0 Å². The lowest BCUT2D eigenvalue weighted by molar-refractivity contribution is -0.112. The van der Waals surface area contributed by atoms with Crippen LogP contribution in [0.3, 0.4) is 0 Å². The molecule has 0 spiro atoms. The van der Waals surface area contributed by atoms with Crippen LogP contribution < -0.4 is 19.5 Å². The standard InChI is InChI=1S/C18H14N2O4/c1-22-15-5-3-2-4-14(15)20-18(21)13(10-19)8-12-6-7-16-17(9-12)24-11-23-16/h2-9H,11H2,1H3,(H,20,21). The van der Waals surface area contributed by atoms with Crippen LogP contribution in [0.25, 0.3) is 6.08 Å². The number of amides is 1. The van der Waals surface area contributed by atoms with Crippen molar-refractivity contribution in [3.05, 3.63) is 53.6 Å². The van der Waals surface area contributed by atoms with Crippen molar-refractivity contribution in [1.29, 1.82) is 5.26 Å². The maximum absolute atomic E-state index is 12.3. The van der Waals surface area contributed by atoms with Crippen LogP contribution in [-0.2, 0) is 4.79 Å². The fraction of sp³-hybridized carbons (Fsp3) is 0.111. The van der Waals surface area contributed by atoms with Crippen LogP contribution in [-0.4, -0.2) is 19.8 Å². The number of rotatable bonds is 4. The maximum atomic E-state index is 12.3. The molecule has 6 heteroatoms. The van der Waals surface area contributed by atoms with Crippen molar-refractivity contribution < 1.29 is 19.0 Å². The number of hydrogen-bond acceptors (Lipinski definition) is 5. The zero-order valence-corrected chi connectivity index (χ0v) is 12.9. The van der Waals surface area contributed by atoms with Gasteiger partial charge in [-0.2, -0.15) is 5.26 Å². The molecule has 1 aliphatic heterocycles. The Morgan fingerprint density at radius 1 is 1.25 bits per heavy atom. The number of ether oxygens (including phenoxy) is 3. The summed E-state index contributed by atoms with van der Waals surface area (Å²) in [6.07, 6.45) is 1.49. The molecule has 0 aliphatic carbocycles.